The van der Waals surface area contributed by atoms with Crippen molar-refractivity contribution in [1.82, 2.24) is 0 Å². The minimum Gasteiger partial charge on any atom is -0.171 e. The second-order valence-electron chi connectivity index (χ2n) is 5.22. The molecule has 0 spiro atoms. The van der Waals surface area contributed by atoms with Gasteiger partial charge in [-0.25, -0.2) is 0 Å². The number of hydrogen-bond acceptors (Lipinski definition) is 0. The summed E-state index contributed by atoms with van der Waals surface area (Å²) in [6.45, 7) is 5.03. The Morgan fingerprint density at radius 1 is 1.00 bits per heavy atom. The number of alkyl halides is 6. The number of rotatable bonds is 3. The van der Waals surface area contributed by atoms with Crippen molar-refractivity contribution in [3.05, 3.63) is 0 Å². The third kappa shape index (κ3) is 1.59. The van der Waals surface area contributed by atoms with Crippen LogP contribution in [-0.2, 0) is 0 Å². The molecule has 3 unspecified atom stereocenters. The Morgan fingerprint density at radius 2 is 1.39 bits per heavy atom. The molecule has 18 heavy (non-hydrogen) atoms. The van der Waals surface area contributed by atoms with E-state index in [1.165, 1.54) is 20.8 Å². The smallest absolute Gasteiger partial charge is 0.171 e. The maximum atomic E-state index is 13.3. The molecule has 1 saturated carbocycles. The SMILES string of the molecule is CCC1(CC)C(C)C1(C(C)C(F)(F)F)C(F)(F)F. The van der Waals surface area contributed by atoms with Crippen LogP contribution in [0.15, 0.2) is 0 Å². The zero-order chi connectivity index (χ0) is 14.6. The van der Waals surface area contributed by atoms with E-state index in [4.69, 9.17) is 0 Å². The summed E-state index contributed by atoms with van der Waals surface area (Å²) in [7, 11) is 0. The fourth-order valence-electron chi connectivity index (χ4n) is 4.13. The Kier molecular flexibility index (Phi) is 3.51. The van der Waals surface area contributed by atoms with Gasteiger partial charge in [-0.15, -0.1) is 0 Å². The van der Waals surface area contributed by atoms with Crippen LogP contribution >= 0.6 is 0 Å². The van der Waals surface area contributed by atoms with E-state index in [1.54, 1.807) is 0 Å². The fraction of sp³-hybridized carbons (Fsp3) is 1.00. The highest BCUT2D eigenvalue weighted by atomic mass is 19.4. The van der Waals surface area contributed by atoms with E-state index in [1.807, 2.05) is 0 Å². The van der Waals surface area contributed by atoms with Crippen LogP contribution in [0.2, 0.25) is 0 Å². The summed E-state index contributed by atoms with van der Waals surface area (Å²) in [5, 5.41) is 0. The first-order valence-electron chi connectivity index (χ1n) is 6.06. The third-order valence-corrected chi connectivity index (χ3v) is 5.16. The second-order valence-corrected chi connectivity index (χ2v) is 5.22. The summed E-state index contributed by atoms with van der Waals surface area (Å²) in [6.07, 6.45) is -9.42. The predicted octanol–water partition coefficient (Wildman–Crippen LogP) is 5.19. The van der Waals surface area contributed by atoms with Crippen LogP contribution in [0, 0.1) is 22.7 Å². The van der Waals surface area contributed by atoms with Crippen LogP contribution in [0.3, 0.4) is 0 Å². The lowest BCUT2D eigenvalue weighted by Crippen LogP contribution is -2.43. The van der Waals surface area contributed by atoms with Crippen LogP contribution in [0.1, 0.15) is 40.5 Å². The van der Waals surface area contributed by atoms with Crippen LogP contribution in [-0.4, -0.2) is 12.4 Å². The molecule has 1 aliphatic rings. The molecule has 0 aromatic rings. The minimum atomic E-state index is -4.83. The Hall–Kier alpha value is -0.420. The average molecular weight is 276 g/mol. The van der Waals surface area contributed by atoms with Crippen molar-refractivity contribution in [2.24, 2.45) is 22.7 Å². The van der Waals surface area contributed by atoms with Crippen molar-refractivity contribution in [3.63, 3.8) is 0 Å². The van der Waals surface area contributed by atoms with E-state index in [0.717, 1.165) is 0 Å². The first-order valence-corrected chi connectivity index (χ1v) is 6.06. The molecule has 1 fully saturated rings. The molecule has 0 nitrogen and oxygen atoms in total. The first-order chi connectivity index (χ1) is 7.93. The molecule has 0 bridgehead atoms. The van der Waals surface area contributed by atoms with Gasteiger partial charge >= 0.3 is 12.4 Å². The highest BCUT2D eigenvalue weighted by Gasteiger charge is 2.87. The molecular weight excluding hydrogens is 258 g/mol. The van der Waals surface area contributed by atoms with Gasteiger partial charge < -0.3 is 0 Å². The van der Waals surface area contributed by atoms with Crippen molar-refractivity contribution in [3.8, 4) is 0 Å². The van der Waals surface area contributed by atoms with Crippen LogP contribution in [0.5, 0.6) is 0 Å². The molecule has 0 aromatic heterocycles. The Bertz CT molecular complexity index is 312. The van der Waals surface area contributed by atoms with Gasteiger partial charge in [0.15, 0.2) is 0 Å². The molecule has 0 saturated heterocycles. The fourth-order valence-corrected chi connectivity index (χ4v) is 4.13. The topological polar surface area (TPSA) is 0 Å². The second kappa shape index (κ2) is 4.04. The predicted molar refractivity (Wildman–Crippen MR) is 55.9 cm³/mol. The molecule has 0 amide bonds. The lowest BCUT2D eigenvalue weighted by molar-refractivity contribution is -0.275. The standard InChI is InChI=1S/C12H18F6/c1-5-9(6-2)7(3)10(9,12(16,17)18)8(4)11(13,14)15/h7-8H,5-6H2,1-4H3. The number of hydrogen-bond donors (Lipinski definition) is 0. The molecule has 1 rings (SSSR count). The van der Waals surface area contributed by atoms with E-state index >= 15 is 0 Å². The monoisotopic (exact) mass is 276 g/mol. The van der Waals surface area contributed by atoms with E-state index < -0.39 is 35.0 Å². The van der Waals surface area contributed by atoms with Crippen molar-refractivity contribution < 1.29 is 26.3 Å². The molecule has 0 heterocycles. The molecule has 6 heteroatoms. The Labute approximate surface area is 103 Å². The van der Waals surface area contributed by atoms with Crippen molar-refractivity contribution in [1.29, 1.82) is 0 Å². The van der Waals surface area contributed by atoms with Gasteiger partial charge in [0.25, 0.3) is 0 Å². The largest absolute Gasteiger partial charge is 0.395 e. The van der Waals surface area contributed by atoms with Crippen molar-refractivity contribution in [2.75, 3.05) is 0 Å². The van der Waals surface area contributed by atoms with Gasteiger partial charge in [-0.2, -0.15) is 26.3 Å². The maximum absolute atomic E-state index is 13.3. The average Bonchev–Trinajstić information content (AvgIpc) is 2.76. The van der Waals surface area contributed by atoms with Gasteiger partial charge in [-0.1, -0.05) is 27.7 Å². The lowest BCUT2D eigenvalue weighted by atomic mass is 9.78. The zero-order valence-corrected chi connectivity index (χ0v) is 10.8. The number of halogens is 6. The van der Waals surface area contributed by atoms with E-state index in [2.05, 4.69) is 0 Å². The quantitative estimate of drug-likeness (QED) is 0.622. The first kappa shape index (κ1) is 15.6. The third-order valence-electron chi connectivity index (χ3n) is 5.16. The van der Waals surface area contributed by atoms with Gasteiger partial charge in [0.1, 0.15) is 0 Å². The van der Waals surface area contributed by atoms with Crippen molar-refractivity contribution in [2.45, 2.75) is 52.9 Å². The highest BCUT2D eigenvalue weighted by molar-refractivity contribution is 5.24. The molecule has 0 aromatic carbocycles. The maximum Gasteiger partial charge on any atom is 0.395 e. The van der Waals surface area contributed by atoms with E-state index in [9.17, 15) is 26.3 Å². The lowest BCUT2D eigenvalue weighted by Gasteiger charge is -2.33. The van der Waals surface area contributed by atoms with Crippen LogP contribution in [0.25, 0.3) is 0 Å². The summed E-state index contributed by atoms with van der Waals surface area (Å²) in [6, 6.07) is 0. The summed E-state index contributed by atoms with van der Waals surface area (Å²) < 4.78 is 78.3. The molecular formula is C12H18F6. The van der Waals surface area contributed by atoms with Gasteiger partial charge in [-0.05, 0) is 24.2 Å². The van der Waals surface area contributed by atoms with Gasteiger partial charge in [-0.3, -0.25) is 0 Å². The Morgan fingerprint density at radius 3 is 1.56 bits per heavy atom. The van der Waals surface area contributed by atoms with Crippen molar-refractivity contribution >= 4 is 0 Å². The summed E-state index contributed by atoms with van der Waals surface area (Å²) in [5.74, 6) is -3.35. The Balaban J connectivity index is 3.35. The van der Waals surface area contributed by atoms with E-state index in [-0.39, 0.29) is 12.8 Å². The highest BCUT2D eigenvalue weighted by Crippen LogP contribution is 2.82. The van der Waals surface area contributed by atoms with Gasteiger partial charge in [0, 0.05) is 0 Å². The molecule has 3 atom stereocenters. The van der Waals surface area contributed by atoms with E-state index in [0.29, 0.717) is 6.92 Å². The molecule has 0 N–H and O–H groups in total. The normalized spacial score (nSPS) is 33.3. The molecule has 0 radical (unpaired) electrons. The molecule has 0 aliphatic heterocycles. The zero-order valence-electron chi connectivity index (χ0n) is 10.8. The minimum absolute atomic E-state index is 0.116. The van der Waals surface area contributed by atoms with Gasteiger partial charge in [0.05, 0.1) is 11.3 Å². The summed E-state index contributed by atoms with van der Waals surface area (Å²) >= 11 is 0. The van der Waals surface area contributed by atoms with Gasteiger partial charge in [0.2, 0.25) is 0 Å². The summed E-state index contributed by atoms with van der Waals surface area (Å²) in [4.78, 5) is 0. The van der Waals surface area contributed by atoms with Crippen LogP contribution in [0.4, 0.5) is 26.3 Å². The molecule has 1 aliphatic carbocycles. The summed E-state index contributed by atoms with van der Waals surface area (Å²) in [5.41, 5.74) is -3.90. The molecule has 108 valence electrons. The van der Waals surface area contributed by atoms with Crippen LogP contribution < -0.4 is 0 Å².